The maximum atomic E-state index is 4.21. The molecule has 1 aliphatic rings. The first-order valence-corrected chi connectivity index (χ1v) is 6.21. The van der Waals surface area contributed by atoms with Crippen molar-refractivity contribution in [3.63, 3.8) is 0 Å². The van der Waals surface area contributed by atoms with Gasteiger partial charge in [0.1, 0.15) is 5.03 Å². The van der Waals surface area contributed by atoms with Crippen molar-refractivity contribution >= 4 is 23.3 Å². The number of anilines is 1. The minimum absolute atomic E-state index is 0.881. The molecule has 0 bridgehead atoms. The van der Waals surface area contributed by atoms with Gasteiger partial charge in [0.25, 0.3) is 0 Å². The Bertz CT molecular complexity index is 436. The summed E-state index contributed by atoms with van der Waals surface area (Å²) in [4.78, 5) is 2.06. The summed E-state index contributed by atoms with van der Waals surface area (Å²) in [5, 5.41) is 9.39. The van der Waals surface area contributed by atoms with E-state index in [0.29, 0.717) is 0 Å². The lowest BCUT2D eigenvalue weighted by molar-refractivity contribution is 0.650. The van der Waals surface area contributed by atoms with Crippen molar-refractivity contribution in [1.82, 2.24) is 4.31 Å². The Kier molecular flexibility index (Phi) is 3.81. The lowest BCUT2D eigenvalue weighted by atomic mass is 10.3. The molecule has 0 aromatic heterocycles. The van der Waals surface area contributed by atoms with E-state index in [1.54, 1.807) is 11.9 Å². The average Bonchev–Trinajstić information content (AvgIpc) is 2.73. The van der Waals surface area contributed by atoms with E-state index in [1.807, 2.05) is 45.4 Å². The molecule has 0 N–H and O–H groups in total. The highest BCUT2D eigenvalue weighted by Crippen LogP contribution is 2.28. The maximum Gasteiger partial charge on any atom is 0.131 e. The number of nitrogens with zero attached hydrogens (tertiary/aromatic N) is 4. The number of benzene rings is 1. The van der Waals surface area contributed by atoms with E-state index in [0.717, 1.165) is 22.9 Å². The molecule has 90 valence electrons. The molecule has 1 aliphatic heterocycles. The van der Waals surface area contributed by atoms with Gasteiger partial charge in [-0.3, -0.25) is 0 Å². The zero-order valence-corrected chi connectivity index (χ0v) is 11.1. The summed E-state index contributed by atoms with van der Waals surface area (Å²) >= 11 is 1.62. The molecule has 0 radical (unpaired) electrons. The molecule has 4 nitrogen and oxygen atoms in total. The fourth-order valence-electron chi connectivity index (χ4n) is 1.42. The van der Waals surface area contributed by atoms with Crippen LogP contribution in [0.25, 0.3) is 0 Å². The Morgan fingerprint density at radius 3 is 2.41 bits per heavy atom. The van der Waals surface area contributed by atoms with Crippen LogP contribution in [-0.2, 0) is 0 Å². The van der Waals surface area contributed by atoms with E-state index in [4.69, 9.17) is 0 Å². The van der Waals surface area contributed by atoms with Crippen LogP contribution in [0.15, 0.2) is 45.6 Å². The Balaban J connectivity index is 2.01. The summed E-state index contributed by atoms with van der Waals surface area (Å²) in [6.07, 6.45) is 2.07. The fraction of sp³-hybridized carbons (Fsp3) is 0.333. The highest BCUT2D eigenvalue weighted by atomic mass is 32.2. The Labute approximate surface area is 106 Å². The van der Waals surface area contributed by atoms with Gasteiger partial charge in [-0.25, -0.2) is 4.31 Å². The Hall–Kier alpha value is -1.33. The fourth-order valence-corrected chi connectivity index (χ4v) is 2.12. The zero-order chi connectivity index (χ0) is 12.3. The Morgan fingerprint density at radius 1 is 1.18 bits per heavy atom. The van der Waals surface area contributed by atoms with Gasteiger partial charge in [0.15, 0.2) is 0 Å². The minimum Gasteiger partial charge on any atom is -0.378 e. The molecule has 0 atom stereocenters. The van der Waals surface area contributed by atoms with Gasteiger partial charge in [-0.1, -0.05) is 0 Å². The van der Waals surface area contributed by atoms with Crippen molar-refractivity contribution in [1.29, 1.82) is 0 Å². The van der Waals surface area contributed by atoms with Crippen molar-refractivity contribution in [2.45, 2.75) is 0 Å². The van der Waals surface area contributed by atoms with Crippen LogP contribution in [0.2, 0.25) is 0 Å². The maximum absolute atomic E-state index is 4.21. The SMILES string of the molecule is CN1CC=C(/N=N/c2ccc(N(C)C)cc2)S1. The molecule has 0 aliphatic carbocycles. The molecule has 2 rings (SSSR count). The molecular weight excluding hydrogens is 232 g/mol. The summed E-state index contributed by atoms with van der Waals surface area (Å²) in [7, 11) is 6.08. The number of rotatable bonds is 3. The predicted molar refractivity (Wildman–Crippen MR) is 73.6 cm³/mol. The van der Waals surface area contributed by atoms with E-state index in [2.05, 4.69) is 25.5 Å². The number of azo groups is 1. The molecule has 0 unspecified atom stereocenters. The molecule has 0 saturated carbocycles. The number of hydrogen-bond acceptors (Lipinski definition) is 5. The first-order valence-electron chi connectivity index (χ1n) is 5.43. The van der Waals surface area contributed by atoms with E-state index < -0.39 is 0 Å². The summed E-state index contributed by atoms with van der Waals surface area (Å²) in [6, 6.07) is 8.03. The van der Waals surface area contributed by atoms with Gasteiger partial charge in [0.05, 0.1) is 5.69 Å². The minimum atomic E-state index is 0.881. The highest BCUT2D eigenvalue weighted by Gasteiger charge is 2.09. The largest absolute Gasteiger partial charge is 0.378 e. The second-order valence-electron chi connectivity index (χ2n) is 4.05. The summed E-state index contributed by atoms with van der Waals surface area (Å²) < 4.78 is 2.11. The van der Waals surface area contributed by atoms with Gasteiger partial charge >= 0.3 is 0 Å². The Morgan fingerprint density at radius 2 is 1.88 bits per heavy atom. The topological polar surface area (TPSA) is 31.2 Å². The molecule has 5 heteroatoms. The monoisotopic (exact) mass is 248 g/mol. The molecular formula is C12H16N4S. The first-order chi connectivity index (χ1) is 8.15. The van der Waals surface area contributed by atoms with E-state index in [-0.39, 0.29) is 0 Å². The molecule has 1 aromatic carbocycles. The van der Waals surface area contributed by atoms with Crippen molar-refractivity contribution in [2.24, 2.45) is 10.2 Å². The molecule has 1 heterocycles. The molecule has 0 spiro atoms. The van der Waals surface area contributed by atoms with Crippen LogP contribution < -0.4 is 4.90 Å². The van der Waals surface area contributed by atoms with Gasteiger partial charge in [0, 0.05) is 26.3 Å². The molecule has 17 heavy (non-hydrogen) atoms. The smallest absolute Gasteiger partial charge is 0.131 e. The molecule has 0 fully saturated rings. The predicted octanol–water partition coefficient (Wildman–Crippen LogP) is 3.27. The van der Waals surface area contributed by atoms with Crippen LogP contribution >= 0.6 is 11.9 Å². The summed E-state index contributed by atoms with van der Waals surface area (Å²) in [6.45, 7) is 0.929. The van der Waals surface area contributed by atoms with Crippen LogP contribution in [0.3, 0.4) is 0 Å². The normalized spacial score (nSPS) is 16.5. The summed E-state index contributed by atoms with van der Waals surface area (Å²) in [5.41, 5.74) is 2.05. The van der Waals surface area contributed by atoms with Gasteiger partial charge in [-0.15, -0.1) is 5.11 Å². The third-order valence-corrected chi connectivity index (χ3v) is 3.30. The van der Waals surface area contributed by atoms with Crippen molar-refractivity contribution in [3.8, 4) is 0 Å². The van der Waals surface area contributed by atoms with Crippen LogP contribution in [0, 0.1) is 0 Å². The van der Waals surface area contributed by atoms with Crippen molar-refractivity contribution in [2.75, 3.05) is 32.6 Å². The van der Waals surface area contributed by atoms with E-state index in [9.17, 15) is 0 Å². The quantitative estimate of drug-likeness (QED) is 0.607. The second kappa shape index (κ2) is 5.33. The third-order valence-electron chi connectivity index (χ3n) is 2.40. The van der Waals surface area contributed by atoms with Crippen LogP contribution in [0.1, 0.15) is 0 Å². The molecule has 1 aromatic rings. The first kappa shape index (κ1) is 12.1. The van der Waals surface area contributed by atoms with Gasteiger partial charge in [-0.2, -0.15) is 5.11 Å². The molecule has 0 amide bonds. The van der Waals surface area contributed by atoms with Crippen LogP contribution in [-0.4, -0.2) is 32.0 Å². The van der Waals surface area contributed by atoms with Gasteiger partial charge in [-0.05, 0) is 49.3 Å². The zero-order valence-electron chi connectivity index (χ0n) is 10.3. The lowest BCUT2D eigenvalue weighted by Gasteiger charge is -2.11. The van der Waals surface area contributed by atoms with Gasteiger partial charge < -0.3 is 4.90 Å². The third kappa shape index (κ3) is 3.31. The van der Waals surface area contributed by atoms with E-state index in [1.165, 1.54) is 0 Å². The lowest BCUT2D eigenvalue weighted by Crippen LogP contribution is -2.07. The summed E-state index contributed by atoms with van der Waals surface area (Å²) in [5.74, 6) is 0. The van der Waals surface area contributed by atoms with E-state index >= 15 is 0 Å². The van der Waals surface area contributed by atoms with Crippen LogP contribution in [0.5, 0.6) is 0 Å². The van der Waals surface area contributed by atoms with Crippen LogP contribution in [0.4, 0.5) is 11.4 Å². The number of likely N-dealkylation sites (N-methyl/N-ethyl adjacent to an activating group) is 1. The highest BCUT2D eigenvalue weighted by molar-refractivity contribution is 8.01. The standard InChI is InChI=1S/C12H16N4S/c1-15(2)11-6-4-10(5-7-11)13-14-12-8-9-16(3)17-12/h4-8H,9H2,1-3H3/b14-13+. The second-order valence-corrected chi connectivity index (χ2v) is 5.28. The average molecular weight is 248 g/mol. The van der Waals surface area contributed by atoms with Crippen molar-refractivity contribution < 1.29 is 0 Å². The van der Waals surface area contributed by atoms with Gasteiger partial charge in [0.2, 0.25) is 0 Å². The molecule has 0 saturated heterocycles. The number of hydrogen-bond donors (Lipinski definition) is 0. The van der Waals surface area contributed by atoms with Crippen molar-refractivity contribution in [3.05, 3.63) is 35.4 Å².